The smallest absolute Gasteiger partial charge is 0.304 e. The number of hydrogen-bond acceptors (Lipinski definition) is 3. The van der Waals surface area contributed by atoms with Crippen molar-refractivity contribution in [3.8, 4) is 17.6 Å². The fourth-order valence-corrected chi connectivity index (χ4v) is 2.88. The van der Waals surface area contributed by atoms with E-state index in [4.69, 9.17) is 33.0 Å². The van der Waals surface area contributed by atoms with Crippen molar-refractivity contribution >= 4 is 40.8 Å². The third-order valence-corrected chi connectivity index (χ3v) is 4.62. The van der Waals surface area contributed by atoms with Gasteiger partial charge in [-0.3, -0.25) is 9.59 Å². The molecule has 29 heavy (non-hydrogen) atoms. The number of anilines is 1. The number of ether oxygens (including phenoxy) is 1. The molecule has 1 amide bonds. The summed E-state index contributed by atoms with van der Waals surface area (Å²) >= 11 is 12.1. The Hall–Kier alpha value is -2.68. The van der Waals surface area contributed by atoms with E-state index in [2.05, 4.69) is 17.2 Å². The molecule has 5 nitrogen and oxygen atoms in total. The zero-order chi connectivity index (χ0) is 21.6. The van der Waals surface area contributed by atoms with Crippen molar-refractivity contribution < 1.29 is 19.4 Å². The van der Waals surface area contributed by atoms with E-state index >= 15 is 0 Å². The molecule has 0 aromatic heterocycles. The van der Waals surface area contributed by atoms with Crippen molar-refractivity contribution in [3.05, 3.63) is 58.1 Å². The molecule has 2 aromatic rings. The number of carbonyl (C=O) groups excluding carboxylic acids is 1. The van der Waals surface area contributed by atoms with Gasteiger partial charge >= 0.3 is 5.97 Å². The van der Waals surface area contributed by atoms with Crippen molar-refractivity contribution in [2.45, 2.75) is 38.7 Å². The summed E-state index contributed by atoms with van der Waals surface area (Å²) in [5.41, 5.74) is 0.0964. The van der Waals surface area contributed by atoms with E-state index in [0.717, 1.165) is 5.56 Å². The maximum Gasteiger partial charge on any atom is 0.304 e. The summed E-state index contributed by atoms with van der Waals surface area (Å²) in [4.78, 5) is 23.7. The highest BCUT2D eigenvalue weighted by molar-refractivity contribution is 6.34. The maximum atomic E-state index is 12.7. The highest BCUT2D eigenvalue weighted by Gasteiger charge is 2.31. The Balaban J connectivity index is 2.11. The van der Waals surface area contributed by atoms with E-state index in [1.807, 2.05) is 0 Å². The van der Waals surface area contributed by atoms with Gasteiger partial charge in [0.15, 0.2) is 5.60 Å². The lowest BCUT2D eigenvalue weighted by Crippen LogP contribution is -2.42. The Morgan fingerprint density at radius 1 is 1.17 bits per heavy atom. The minimum Gasteiger partial charge on any atom is -0.481 e. The van der Waals surface area contributed by atoms with Crippen molar-refractivity contribution in [2.75, 3.05) is 5.32 Å². The van der Waals surface area contributed by atoms with Gasteiger partial charge in [0.25, 0.3) is 5.91 Å². The number of carboxylic acid groups (broad SMARTS) is 1. The largest absolute Gasteiger partial charge is 0.481 e. The fraction of sp³-hybridized carbons (Fsp3) is 0.273. The summed E-state index contributed by atoms with van der Waals surface area (Å²) in [5, 5.41) is 12.6. The lowest BCUT2D eigenvalue weighted by atomic mass is 9.96. The van der Waals surface area contributed by atoms with Gasteiger partial charge in [0.1, 0.15) is 5.75 Å². The number of hydrogen-bond donors (Lipinski definition) is 2. The predicted octanol–water partition coefficient (Wildman–Crippen LogP) is 5.37. The molecular formula is C22H21Cl2NO4. The Morgan fingerprint density at radius 2 is 1.83 bits per heavy atom. The first-order chi connectivity index (χ1) is 13.6. The van der Waals surface area contributed by atoms with Gasteiger partial charge in [0.05, 0.1) is 17.4 Å². The van der Waals surface area contributed by atoms with Gasteiger partial charge in [0, 0.05) is 16.8 Å². The molecule has 0 fully saturated rings. The Morgan fingerprint density at radius 3 is 2.41 bits per heavy atom. The van der Waals surface area contributed by atoms with E-state index in [1.165, 1.54) is 0 Å². The molecule has 7 heteroatoms. The molecule has 152 valence electrons. The highest BCUT2D eigenvalue weighted by atomic mass is 35.5. The van der Waals surface area contributed by atoms with Crippen molar-refractivity contribution in [1.82, 2.24) is 0 Å². The number of benzene rings is 2. The molecule has 1 atom stereocenters. The van der Waals surface area contributed by atoms with Crippen LogP contribution in [-0.2, 0) is 9.59 Å². The Kier molecular flexibility index (Phi) is 7.55. The van der Waals surface area contributed by atoms with Crippen molar-refractivity contribution in [3.63, 3.8) is 0 Å². The lowest BCUT2D eigenvalue weighted by molar-refractivity contribution is -0.137. The summed E-state index contributed by atoms with van der Waals surface area (Å²) in [6.45, 7) is 4.90. The van der Waals surface area contributed by atoms with Crippen molar-refractivity contribution in [1.29, 1.82) is 0 Å². The van der Waals surface area contributed by atoms with Gasteiger partial charge in [-0.05, 0) is 50.6 Å². The molecular weight excluding hydrogens is 413 g/mol. The third-order valence-electron chi connectivity index (χ3n) is 4.07. The van der Waals surface area contributed by atoms with Crippen LogP contribution in [-0.4, -0.2) is 22.6 Å². The summed E-state index contributed by atoms with van der Waals surface area (Å²) in [7, 11) is 0. The summed E-state index contributed by atoms with van der Waals surface area (Å²) in [5.74, 6) is 4.24. The average molecular weight is 434 g/mol. The monoisotopic (exact) mass is 433 g/mol. The molecule has 0 saturated carbocycles. The van der Waals surface area contributed by atoms with Gasteiger partial charge in [-0.25, -0.2) is 0 Å². The van der Waals surface area contributed by atoms with Crippen LogP contribution in [0.5, 0.6) is 5.75 Å². The molecule has 0 aliphatic heterocycles. The second kappa shape index (κ2) is 9.69. The number of amides is 1. The second-order valence-corrected chi connectivity index (χ2v) is 7.65. The lowest BCUT2D eigenvalue weighted by Gasteiger charge is -2.26. The SMILES string of the molecule is CC#CC(CC(=O)O)c1ccc(NC(=O)C(C)(C)Oc2cc(Cl)ccc2Cl)cc1. The fourth-order valence-electron chi connectivity index (χ4n) is 2.56. The molecule has 0 saturated heterocycles. The summed E-state index contributed by atoms with van der Waals surface area (Å²) in [6.07, 6.45) is -0.0895. The standard InChI is InChI=1S/C22H21Cl2NO4/c1-4-5-15(12-20(26)27)14-6-9-17(10-7-14)25-21(28)22(2,3)29-19-13-16(23)8-11-18(19)24/h6-11,13,15H,12H2,1-3H3,(H,25,28)(H,26,27). The molecule has 2 rings (SSSR count). The van der Waals surface area contributed by atoms with Crippen LogP contribution in [0.2, 0.25) is 10.0 Å². The molecule has 2 aromatic carbocycles. The molecule has 1 unspecified atom stereocenters. The quantitative estimate of drug-likeness (QED) is 0.575. The first-order valence-corrected chi connectivity index (χ1v) is 9.57. The summed E-state index contributed by atoms with van der Waals surface area (Å²) in [6, 6.07) is 11.7. The van der Waals surface area contributed by atoms with Crippen LogP contribution in [0.4, 0.5) is 5.69 Å². The molecule has 2 N–H and O–H groups in total. The first kappa shape index (κ1) is 22.6. The van der Waals surface area contributed by atoms with Crippen molar-refractivity contribution in [2.24, 2.45) is 0 Å². The van der Waals surface area contributed by atoms with Crippen LogP contribution in [0, 0.1) is 11.8 Å². The van der Waals surface area contributed by atoms with Crippen LogP contribution in [0.15, 0.2) is 42.5 Å². The van der Waals surface area contributed by atoms with E-state index in [0.29, 0.717) is 21.5 Å². The van der Waals surface area contributed by atoms with E-state index < -0.39 is 17.5 Å². The number of carboxylic acids is 1. The van der Waals surface area contributed by atoms with Gasteiger partial charge in [-0.2, -0.15) is 0 Å². The number of aliphatic carboxylic acids is 1. The zero-order valence-electron chi connectivity index (χ0n) is 16.3. The maximum absolute atomic E-state index is 12.7. The zero-order valence-corrected chi connectivity index (χ0v) is 17.8. The topological polar surface area (TPSA) is 75.6 Å². The molecule has 0 heterocycles. The van der Waals surface area contributed by atoms with Crippen LogP contribution in [0.25, 0.3) is 0 Å². The third kappa shape index (κ3) is 6.42. The summed E-state index contributed by atoms with van der Waals surface area (Å²) < 4.78 is 5.77. The Bertz CT molecular complexity index is 959. The van der Waals surface area contributed by atoms with E-state index in [1.54, 1.807) is 63.2 Å². The molecule has 0 bridgehead atoms. The minimum absolute atomic E-state index is 0.0895. The number of nitrogens with one attached hydrogen (secondary N) is 1. The Labute approximate surface area is 180 Å². The predicted molar refractivity (Wildman–Crippen MR) is 115 cm³/mol. The van der Waals surface area contributed by atoms with Crippen LogP contribution in [0.3, 0.4) is 0 Å². The molecule has 0 radical (unpaired) electrons. The van der Waals surface area contributed by atoms with Gasteiger partial charge in [0.2, 0.25) is 0 Å². The average Bonchev–Trinajstić information content (AvgIpc) is 2.64. The van der Waals surface area contributed by atoms with Crippen LogP contribution < -0.4 is 10.1 Å². The van der Waals surface area contributed by atoms with Crippen LogP contribution >= 0.6 is 23.2 Å². The van der Waals surface area contributed by atoms with E-state index in [-0.39, 0.29) is 12.3 Å². The van der Waals surface area contributed by atoms with Gasteiger partial charge in [-0.1, -0.05) is 41.3 Å². The minimum atomic E-state index is -1.22. The molecule has 0 aliphatic carbocycles. The number of halogens is 2. The van der Waals surface area contributed by atoms with Gasteiger partial charge < -0.3 is 15.2 Å². The molecule has 0 spiro atoms. The normalized spacial score (nSPS) is 11.8. The molecule has 0 aliphatic rings. The van der Waals surface area contributed by atoms with Crippen LogP contribution in [0.1, 0.15) is 38.7 Å². The number of carbonyl (C=O) groups is 2. The first-order valence-electron chi connectivity index (χ1n) is 8.82. The van der Waals surface area contributed by atoms with E-state index in [9.17, 15) is 9.59 Å². The second-order valence-electron chi connectivity index (χ2n) is 6.81. The van der Waals surface area contributed by atoms with Gasteiger partial charge in [-0.15, -0.1) is 5.92 Å². The number of rotatable bonds is 7. The highest BCUT2D eigenvalue weighted by Crippen LogP contribution is 2.31.